The number of nitrogens with two attached hydrogens (primary N) is 1. The zero-order valence-electron chi connectivity index (χ0n) is 19.8. The number of piperidine rings is 1. The minimum atomic E-state index is -5.05. The maximum Gasteiger partial charge on any atom is 0.420 e. The molecule has 1 saturated heterocycles. The van der Waals surface area contributed by atoms with E-state index in [0.717, 1.165) is 16.8 Å². The SMILES string of the molecule is COc1nccc(-n2cc(-c3nc(N)nc([C@@H]4CCN(S(C)(=O)=O)C[C@@H]4F)c3C(F)(F)F)nc2C)c1F. The van der Waals surface area contributed by atoms with E-state index in [2.05, 4.69) is 19.9 Å². The molecule has 2 N–H and O–H groups in total. The first-order chi connectivity index (χ1) is 17.2. The van der Waals surface area contributed by atoms with Crippen molar-refractivity contribution in [2.45, 2.75) is 31.6 Å². The van der Waals surface area contributed by atoms with Crippen LogP contribution in [0.5, 0.6) is 5.88 Å². The van der Waals surface area contributed by atoms with E-state index in [9.17, 15) is 26.0 Å². The Labute approximate surface area is 208 Å². The van der Waals surface area contributed by atoms with Gasteiger partial charge in [-0.3, -0.25) is 0 Å². The number of hydrogen-bond donors (Lipinski definition) is 1. The summed E-state index contributed by atoms with van der Waals surface area (Å²) in [5, 5.41) is 0. The van der Waals surface area contributed by atoms with Crippen LogP contribution in [-0.2, 0) is 16.2 Å². The summed E-state index contributed by atoms with van der Waals surface area (Å²) in [6.07, 6.45) is -4.01. The van der Waals surface area contributed by atoms with E-state index in [1.54, 1.807) is 0 Å². The molecular formula is C21H22F5N7O3S. The molecule has 0 radical (unpaired) electrons. The van der Waals surface area contributed by atoms with Crippen molar-refractivity contribution >= 4 is 16.0 Å². The highest BCUT2D eigenvalue weighted by Gasteiger charge is 2.45. The molecule has 3 aromatic heterocycles. The van der Waals surface area contributed by atoms with Crippen LogP contribution in [0.2, 0.25) is 0 Å². The molecule has 200 valence electrons. The number of pyridine rings is 1. The highest BCUT2D eigenvalue weighted by molar-refractivity contribution is 7.88. The Balaban J connectivity index is 1.86. The van der Waals surface area contributed by atoms with Crippen molar-refractivity contribution in [3.05, 3.63) is 41.4 Å². The Morgan fingerprint density at radius 3 is 2.51 bits per heavy atom. The number of imidazole rings is 1. The summed E-state index contributed by atoms with van der Waals surface area (Å²) in [6, 6.07) is 1.28. The van der Waals surface area contributed by atoms with Gasteiger partial charge in [-0.15, -0.1) is 0 Å². The Bertz CT molecular complexity index is 1450. The number of rotatable bonds is 5. The molecule has 0 aromatic carbocycles. The quantitative estimate of drug-likeness (QED) is 0.483. The van der Waals surface area contributed by atoms with Crippen molar-refractivity contribution in [2.24, 2.45) is 0 Å². The number of aryl methyl sites for hydroxylation is 1. The Kier molecular flexibility index (Phi) is 6.83. The predicted octanol–water partition coefficient (Wildman–Crippen LogP) is 2.87. The molecule has 1 aliphatic heterocycles. The highest BCUT2D eigenvalue weighted by atomic mass is 32.2. The molecular weight excluding hydrogens is 525 g/mol. The lowest BCUT2D eigenvalue weighted by Crippen LogP contribution is -2.44. The van der Waals surface area contributed by atoms with E-state index in [4.69, 9.17) is 10.5 Å². The molecule has 0 bridgehead atoms. The zero-order chi connectivity index (χ0) is 27.3. The summed E-state index contributed by atoms with van der Waals surface area (Å²) >= 11 is 0. The second-order valence-electron chi connectivity index (χ2n) is 8.42. The van der Waals surface area contributed by atoms with Crippen molar-refractivity contribution in [2.75, 3.05) is 32.2 Å². The number of alkyl halides is 4. The molecule has 4 heterocycles. The van der Waals surface area contributed by atoms with Gasteiger partial charge in [0.05, 0.1) is 24.7 Å². The van der Waals surface area contributed by atoms with Gasteiger partial charge in [-0.1, -0.05) is 0 Å². The number of nitrogen functional groups attached to an aromatic ring is 1. The number of hydrogen-bond acceptors (Lipinski definition) is 8. The van der Waals surface area contributed by atoms with Crippen LogP contribution in [-0.4, -0.2) is 69.9 Å². The first kappa shape index (κ1) is 26.7. The smallest absolute Gasteiger partial charge is 0.420 e. The van der Waals surface area contributed by atoms with Gasteiger partial charge in [0.1, 0.15) is 28.9 Å². The molecule has 2 atom stereocenters. The summed E-state index contributed by atoms with van der Waals surface area (Å²) in [5.41, 5.74) is 2.59. The maximum absolute atomic E-state index is 15.1. The van der Waals surface area contributed by atoms with E-state index >= 15 is 4.39 Å². The number of methoxy groups -OCH3 is 1. The number of aromatic nitrogens is 5. The van der Waals surface area contributed by atoms with E-state index < -0.39 is 63.6 Å². The van der Waals surface area contributed by atoms with Crippen LogP contribution in [0.15, 0.2) is 18.5 Å². The van der Waals surface area contributed by atoms with E-state index in [1.807, 2.05) is 0 Å². The fraction of sp³-hybridized carbons (Fsp3) is 0.429. The molecule has 16 heteroatoms. The summed E-state index contributed by atoms with van der Waals surface area (Å²) in [6.45, 7) is 0.612. The predicted molar refractivity (Wildman–Crippen MR) is 122 cm³/mol. The lowest BCUT2D eigenvalue weighted by molar-refractivity contribution is -0.138. The van der Waals surface area contributed by atoms with E-state index in [0.29, 0.717) is 0 Å². The molecule has 0 saturated carbocycles. The summed E-state index contributed by atoms with van der Waals surface area (Å²) < 4.78 is 104. The maximum atomic E-state index is 15.1. The second-order valence-corrected chi connectivity index (χ2v) is 10.4. The van der Waals surface area contributed by atoms with Crippen LogP contribution in [0, 0.1) is 12.7 Å². The van der Waals surface area contributed by atoms with Crippen LogP contribution >= 0.6 is 0 Å². The van der Waals surface area contributed by atoms with Crippen molar-refractivity contribution < 1.29 is 35.1 Å². The molecule has 3 aromatic rings. The molecule has 1 fully saturated rings. The molecule has 4 rings (SSSR count). The summed E-state index contributed by atoms with van der Waals surface area (Å²) in [7, 11) is -2.53. The monoisotopic (exact) mass is 547 g/mol. The molecule has 0 aliphatic carbocycles. The highest BCUT2D eigenvalue weighted by Crippen LogP contribution is 2.43. The van der Waals surface area contributed by atoms with Crippen LogP contribution in [0.1, 0.15) is 29.4 Å². The zero-order valence-corrected chi connectivity index (χ0v) is 20.6. The average molecular weight is 548 g/mol. The van der Waals surface area contributed by atoms with Crippen molar-refractivity contribution in [3.8, 4) is 23.0 Å². The summed E-state index contributed by atoms with van der Waals surface area (Å²) in [4.78, 5) is 15.4. The number of anilines is 1. The van der Waals surface area contributed by atoms with Gasteiger partial charge in [0.25, 0.3) is 5.88 Å². The third kappa shape index (κ3) is 5.07. The lowest BCUT2D eigenvalue weighted by atomic mass is 9.88. The molecule has 37 heavy (non-hydrogen) atoms. The third-order valence-electron chi connectivity index (χ3n) is 5.98. The van der Waals surface area contributed by atoms with Gasteiger partial charge in [-0.05, 0) is 19.4 Å². The minimum absolute atomic E-state index is 0.0871. The van der Waals surface area contributed by atoms with Gasteiger partial charge in [-0.25, -0.2) is 32.7 Å². The van der Waals surface area contributed by atoms with Gasteiger partial charge < -0.3 is 15.0 Å². The largest absolute Gasteiger partial charge is 0.479 e. The lowest BCUT2D eigenvalue weighted by Gasteiger charge is -2.34. The van der Waals surface area contributed by atoms with Gasteiger partial charge in [0.2, 0.25) is 21.8 Å². The number of nitrogens with zero attached hydrogens (tertiary/aromatic N) is 6. The first-order valence-corrected chi connectivity index (χ1v) is 12.7. The second kappa shape index (κ2) is 9.48. The number of sulfonamides is 1. The van der Waals surface area contributed by atoms with Gasteiger partial charge in [-0.2, -0.15) is 21.9 Å². The van der Waals surface area contributed by atoms with Gasteiger partial charge in [0, 0.05) is 31.4 Å². The molecule has 10 nitrogen and oxygen atoms in total. The summed E-state index contributed by atoms with van der Waals surface area (Å²) in [5.74, 6) is -3.04. The van der Waals surface area contributed by atoms with Crippen LogP contribution in [0.4, 0.5) is 27.9 Å². The average Bonchev–Trinajstić information content (AvgIpc) is 3.18. The number of ether oxygens (including phenoxy) is 1. The van der Waals surface area contributed by atoms with E-state index in [-0.39, 0.29) is 36.1 Å². The molecule has 0 amide bonds. The van der Waals surface area contributed by atoms with E-state index in [1.165, 1.54) is 30.9 Å². The Morgan fingerprint density at radius 2 is 1.92 bits per heavy atom. The standard InChI is InChI=1S/C21H22F5N7O3S/c1-10-29-13(9-33(10)14-4-6-28-19(36-2)16(14)23)18-15(21(24,25)26)17(30-20(27)31-18)11-5-7-32(8-12(11)22)37(3,34)35/h4,6,9,11-12H,5,7-8H2,1-3H3,(H2,27,30,31)/t11-,12+/m1/s1. The fourth-order valence-corrected chi connectivity index (χ4v) is 5.14. The Morgan fingerprint density at radius 1 is 1.22 bits per heavy atom. The fourth-order valence-electron chi connectivity index (χ4n) is 4.29. The minimum Gasteiger partial charge on any atom is -0.479 e. The van der Waals surface area contributed by atoms with Gasteiger partial charge in [0.15, 0.2) is 0 Å². The molecule has 0 unspecified atom stereocenters. The van der Waals surface area contributed by atoms with Crippen LogP contribution in [0.3, 0.4) is 0 Å². The van der Waals surface area contributed by atoms with Crippen LogP contribution < -0.4 is 10.5 Å². The first-order valence-electron chi connectivity index (χ1n) is 10.8. The van der Waals surface area contributed by atoms with Crippen molar-refractivity contribution in [3.63, 3.8) is 0 Å². The molecule has 1 aliphatic rings. The topological polar surface area (TPSA) is 129 Å². The van der Waals surface area contributed by atoms with Crippen molar-refractivity contribution in [1.82, 2.24) is 28.8 Å². The third-order valence-corrected chi connectivity index (χ3v) is 7.25. The Hall–Kier alpha value is -3.40. The van der Waals surface area contributed by atoms with Gasteiger partial charge >= 0.3 is 6.18 Å². The number of halogens is 5. The molecule has 0 spiro atoms. The normalized spacial score (nSPS) is 19.2. The van der Waals surface area contributed by atoms with Crippen molar-refractivity contribution in [1.29, 1.82) is 0 Å². The van der Waals surface area contributed by atoms with Crippen LogP contribution in [0.25, 0.3) is 17.1 Å².